The molecule has 0 unspecified atom stereocenters. The highest BCUT2D eigenvalue weighted by molar-refractivity contribution is 5.24. The summed E-state index contributed by atoms with van der Waals surface area (Å²) in [6, 6.07) is 12.0. The maximum absolute atomic E-state index is 8.49. The number of aromatic nitrogens is 2. The van der Waals surface area contributed by atoms with E-state index in [1.165, 1.54) is 0 Å². The van der Waals surface area contributed by atoms with E-state index in [9.17, 15) is 0 Å². The fraction of sp³-hybridized carbons (Fsp3) is 0.0769. The van der Waals surface area contributed by atoms with E-state index in [2.05, 4.69) is 11.1 Å². The Morgan fingerprint density at radius 1 is 0.640 bits per heavy atom. The van der Waals surface area contributed by atoms with Crippen molar-refractivity contribution in [1.82, 2.24) is 0 Å². The van der Waals surface area contributed by atoms with Crippen LogP contribution in [0.1, 0.15) is 0 Å². The summed E-state index contributed by atoms with van der Waals surface area (Å²) in [5, 5.41) is 0. The van der Waals surface area contributed by atoms with Crippen molar-refractivity contribution in [2.75, 3.05) is 0 Å². The number of hydrogen-bond donors (Lipinski definition) is 0. The zero-order valence-electron chi connectivity index (χ0n) is 12.6. The van der Waals surface area contributed by atoms with Crippen LogP contribution < -0.4 is 46.4 Å². The topological polar surface area (TPSA) is 192 Å². The number of nitrogens with zero attached hydrogens (tertiary/aromatic N) is 2. The first-order valence-electron chi connectivity index (χ1n) is 6.18. The molecule has 0 saturated carbocycles. The third-order valence-electron chi connectivity index (χ3n) is 2.22. The Kier molecular flexibility index (Phi) is 10.3. The summed E-state index contributed by atoms with van der Waals surface area (Å²) >= 11 is 0. The van der Waals surface area contributed by atoms with Gasteiger partial charge in [0.1, 0.15) is 0 Å². The molecule has 0 N–H and O–H groups in total. The molecule has 12 heteroatoms. The molecule has 0 saturated heterocycles. The van der Waals surface area contributed by atoms with Crippen LogP contribution >= 0.6 is 0 Å². The van der Waals surface area contributed by atoms with Crippen molar-refractivity contribution in [3.05, 3.63) is 67.8 Å². The first kappa shape index (κ1) is 23.3. The Bertz CT molecular complexity index is 593. The van der Waals surface area contributed by atoms with Gasteiger partial charge in [0, 0.05) is 24.3 Å². The molecule has 138 valence electrons. The molecule has 0 aliphatic carbocycles. The molecule has 0 fully saturated rings. The van der Waals surface area contributed by atoms with Crippen LogP contribution in [0.2, 0.25) is 0 Å². The van der Waals surface area contributed by atoms with Crippen LogP contribution in [-0.4, -0.2) is 0 Å². The van der Waals surface area contributed by atoms with Gasteiger partial charge >= 0.3 is 0 Å². The predicted molar refractivity (Wildman–Crippen MR) is 58.6 cm³/mol. The molecule has 0 aliphatic heterocycles. The number of pyridine rings is 2. The molecule has 2 rings (SSSR count). The van der Waals surface area contributed by atoms with Crippen LogP contribution in [0.4, 0.5) is 0 Å². The van der Waals surface area contributed by atoms with E-state index in [1.807, 2.05) is 65.8 Å². The van der Waals surface area contributed by atoms with Gasteiger partial charge in [-0.25, -0.2) is 37.3 Å². The van der Waals surface area contributed by atoms with E-state index in [4.69, 9.17) is 37.3 Å². The lowest BCUT2D eigenvalue weighted by Crippen LogP contribution is -2.68. The zero-order valence-corrected chi connectivity index (χ0v) is 14.1. The average Bonchev–Trinajstić information content (AvgIpc) is 2.46. The van der Waals surface area contributed by atoms with Gasteiger partial charge in [-0.1, -0.05) is 12.1 Å². The van der Waals surface area contributed by atoms with Crippen LogP contribution in [0.3, 0.4) is 0 Å². The molecule has 25 heavy (non-hydrogen) atoms. The number of hydrogen-bond acceptors (Lipinski definition) is 8. The molecule has 2 aromatic heterocycles. The van der Waals surface area contributed by atoms with Crippen LogP contribution in [-0.2, 0) is 6.54 Å². The lowest BCUT2D eigenvalue weighted by Gasteiger charge is -2.17. The number of allylic oxidation sites excluding steroid dienone is 1. The first-order valence-corrected chi connectivity index (χ1v) is 8.65. The van der Waals surface area contributed by atoms with Gasteiger partial charge in [0.05, 0.1) is 0 Å². The maximum atomic E-state index is 8.49. The van der Waals surface area contributed by atoms with E-state index < -0.39 is 20.5 Å². The zero-order chi connectivity index (χ0) is 19.5. The van der Waals surface area contributed by atoms with Gasteiger partial charge in [0.15, 0.2) is 24.8 Å². The average molecular weight is 397 g/mol. The molecular formula is C13H14Cl2N2O8. The van der Waals surface area contributed by atoms with Crippen molar-refractivity contribution in [2.24, 2.45) is 0 Å². The van der Waals surface area contributed by atoms with E-state index in [-0.39, 0.29) is 0 Å². The summed E-state index contributed by atoms with van der Waals surface area (Å²) in [5.74, 6) is 0. The Hall–Kier alpha value is -1.70. The molecule has 0 aliphatic rings. The van der Waals surface area contributed by atoms with Crippen LogP contribution in [0.15, 0.2) is 67.8 Å². The lowest BCUT2D eigenvalue weighted by atomic mass is 10.4. The van der Waals surface area contributed by atoms with Crippen molar-refractivity contribution in [2.45, 2.75) is 6.54 Å². The van der Waals surface area contributed by atoms with Crippen molar-refractivity contribution in [1.29, 1.82) is 0 Å². The molecule has 2 aromatic rings. The standard InChI is InChI=1S/C13H14N2.2ClHO4/c1-13(15-10-6-3-7-11-15)12-14-8-4-2-5-9-14;2*2-1(3,4)5/h2-11H,1,12H2;2*(H,2,3,4,5)/q+2;;/p-2. The highest BCUT2D eigenvalue weighted by atomic mass is 35.7. The highest BCUT2D eigenvalue weighted by Crippen LogP contribution is 1.89. The quantitative estimate of drug-likeness (QED) is 0.456. The van der Waals surface area contributed by atoms with Gasteiger partial charge in [0.25, 0.3) is 0 Å². The summed E-state index contributed by atoms with van der Waals surface area (Å²) in [6.45, 7) is 4.86. The number of halogens is 2. The second-order valence-corrected chi connectivity index (χ2v) is 5.66. The molecule has 0 aromatic carbocycles. The van der Waals surface area contributed by atoms with Gasteiger partial charge < -0.3 is 0 Å². The van der Waals surface area contributed by atoms with Crippen molar-refractivity contribution in [3.63, 3.8) is 0 Å². The minimum atomic E-state index is -4.94. The van der Waals surface area contributed by atoms with E-state index >= 15 is 0 Å². The van der Waals surface area contributed by atoms with E-state index in [0.29, 0.717) is 0 Å². The van der Waals surface area contributed by atoms with Crippen LogP contribution in [0.25, 0.3) is 5.70 Å². The molecule has 0 spiro atoms. The highest BCUT2D eigenvalue weighted by Gasteiger charge is 2.10. The maximum Gasteiger partial charge on any atom is 0.245 e. The predicted octanol–water partition coefficient (Wildman–Crippen LogP) is -8.08. The Balaban J connectivity index is 0.000000480. The fourth-order valence-corrected chi connectivity index (χ4v) is 1.44. The monoisotopic (exact) mass is 396 g/mol. The Morgan fingerprint density at radius 2 is 0.960 bits per heavy atom. The van der Waals surface area contributed by atoms with Crippen LogP contribution in [0.5, 0.6) is 0 Å². The van der Waals surface area contributed by atoms with Gasteiger partial charge in [-0.05, 0) is 6.58 Å². The summed E-state index contributed by atoms with van der Waals surface area (Å²) in [4.78, 5) is 0. The summed E-state index contributed by atoms with van der Waals surface area (Å²) in [7, 11) is -9.89. The minimum Gasteiger partial charge on any atom is -0.222 e. The van der Waals surface area contributed by atoms with Crippen LogP contribution in [0, 0.1) is 20.5 Å². The lowest BCUT2D eigenvalue weighted by molar-refractivity contribution is -2.00. The smallest absolute Gasteiger partial charge is 0.222 e. The van der Waals surface area contributed by atoms with E-state index in [0.717, 1.165) is 12.2 Å². The molecule has 10 nitrogen and oxygen atoms in total. The molecule has 0 radical (unpaired) electrons. The Labute approximate surface area is 147 Å². The second kappa shape index (κ2) is 11.0. The summed E-state index contributed by atoms with van der Waals surface area (Å²) in [5.41, 5.74) is 1.05. The second-order valence-electron chi connectivity index (χ2n) is 4.15. The Morgan fingerprint density at radius 3 is 1.32 bits per heavy atom. The minimum absolute atomic E-state index is 0.801. The van der Waals surface area contributed by atoms with Crippen molar-refractivity contribution < 1.29 is 66.9 Å². The SMILES string of the molecule is C=C(C[n+]1ccccc1)[n+]1ccccc1.[O-][Cl+3]([O-])([O-])[O-].[O-][Cl+3]([O-])([O-])[O-]. The molecule has 2 heterocycles. The van der Waals surface area contributed by atoms with Gasteiger partial charge in [-0.15, -0.1) is 20.5 Å². The van der Waals surface area contributed by atoms with Gasteiger partial charge in [-0.3, -0.25) is 0 Å². The third-order valence-corrected chi connectivity index (χ3v) is 2.22. The summed E-state index contributed by atoms with van der Waals surface area (Å²) < 4.78 is 72.1. The first-order chi connectivity index (χ1) is 11.4. The van der Waals surface area contributed by atoms with E-state index in [1.54, 1.807) is 0 Å². The number of rotatable bonds is 3. The van der Waals surface area contributed by atoms with Crippen molar-refractivity contribution >= 4 is 5.70 Å². The fourth-order valence-electron chi connectivity index (χ4n) is 1.44. The molecule has 0 amide bonds. The van der Waals surface area contributed by atoms with Gasteiger partial charge in [-0.2, -0.15) is 9.13 Å². The third kappa shape index (κ3) is 18.5. The largest absolute Gasteiger partial charge is 0.245 e. The summed E-state index contributed by atoms with van der Waals surface area (Å²) in [6.07, 6.45) is 8.08. The molecule has 0 atom stereocenters. The molecule has 0 bridgehead atoms. The normalized spacial score (nSPS) is 10.7. The van der Waals surface area contributed by atoms with Crippen molar-refractivity contribution in [3.8, 4) is 0 Å². The van der Waals surface area contributed by atoms with Gasteiger partial charge in [0.2, 0.25) is 12.2 Å². The molecular weight excluding hydrogens is 383 g/mol.